The molecule has 3 aromatic rings. The van der Waals surface area contributed by atoms with Crippen LogP contribution >= 0.6 is 0 Å². The minimum atomic E-state index is -1.16. The zero-order chi connectivity index (χ0) is 26.4. The van der Waals surface area contributed by atoms with Crippen molar-refractivity contribution in [1.82, 2.24) is 4.90 Å². The van der Waals surface area contributed by atoms with E-state index in [-0.39, 0.29) is 18.6 Å². The molecule has 1 aliphatic heterocycles. The van der Waals surface area contributed by atoms with Gasteiger partial charge in [-0.05, 0) is 34.7 Å². The fourth-order valence-electron chi connectivity index (χ4n) is 4.23. The number of hydrogen-bond donors (Lipinski definition) is 1. The predicted molar refractivity (Wildman–Crippen MR) is 139 cm³/mol. The molecule has 2 amide bonds. The monoisotopic (exact) mass is 503 g/mol. The molecule has 3 atom stereocenters. The number of ether oxygens (including phenoxy) is 3. The van der Waals surface area contributed by atoms with Crippen molar-refractivity contribution < 1.29 is 28.9 Å². The smallest absolute Gasteiger partial charge is 0.416 e. The molecule has 0 radical (unpaired) electrons. The van der Waals surface area contributed by atoms with Crippen LogP contribution in [-0.2, 0) is 22.7 Å². The number of hydrogen-bond acceptors (Lipinski definition) is 6. The summed E-state index contributed by atoms with van der Waals surface area (Å²) in [6.07, 6.45) is -1.82. The Bertz CT molecular complexity index is 1200. The van der Waals surface area contributed by atoms with Crippen LogP contribution in [0.3, 0.4) is 0 Å². The average molecular weight is 504 g/mol. The maximum absolute atomic E-state index is 13.2. The van der Waals surface area contributed by atoms with Gasteiger partial charge in [0.05, 0.1) is 18.1 Å². The van der Waals surface area contributed by atoms with Crippen LogP contribution < -0.4 is 9.47 Å². The molecular weight excluding hydrogens is 470 g/mol. The molecule has 7 heteroatoms. The molecule has 4 rings (SSSR count). The SMILES string of the molecule is CC(C)[C@H]1COC(=O)N1C(=O)[C@@H](C)[C@H](O)c1ccc(OCc2ccccc2)c(OCc2ccccc2)c1. The largest absolute Gasteiger partial charge is 0.485 e. The van der Waals surface area contributed by atoms with E-state index in [1.54, 1.807) is 25.1 Å². The molecule has 0 unspecified atom stereocenters. The highest BCUT2D eigenvalue weighted by Crippen LogP contribution is 2.35. The second-order valence-electron chi connectivity index (χ2n) is 9.58. The molecule has 0 aromatic heterocycles. The summed E-state index contributed by atoms with van der Waals surface area (Å²) in [6, 6.07) is 24.3. The van der Waals surface area contributed by atoms with Crippen LogP contribution in [0.5, 0.6) is 11.5 Å². The van der Waals surface area contributed by atoms with Crippen LogP contribution in [0.1, 0.15) is 43.6 Å². The summed E-state index contributed by atoms with van der Waals surface area (Å²) in [5.41, 5.74) is 2.49. The van der Waals surface area contributed by atoms with Crippen molar-refractivity contribution in [2.45, 2.75) is 46.1 Å². The highest BCUT2D eigenvalue weighted by Gasteiger charge is 2.42. The number of cyclic esters (lactones) is 1. The van der Waals surface area contributed by atoms with Crippen molar-refractivity contribution in [2.24, 2.45) is 11.8 Å². The summed E-state index contributed by atoms with van der Waals surface area (Å²) in [5, 5.41) is 11.1. The molecule has 7 nitrogen and oxygen atoms in total. The Hall–Kier alpha value is -3.84. The number of carbonyl (C=O) groups is 2. The van der Waals surface area contributed by atoms with Crippen LogP contribution in [0.15, 0.2) is 78.9 Å². The van der Waals surface area contributed by atoms with E-state index in [0.717, 1.165) is 16.0 Å². The minimum Gasteiger partial charge on any atom is -0.485 e. The maximum Gasteiger partial charge on any atom is 0.416 e. The lowest BCUT2D eigenvalue weighted by atomic mass is 9.94. The highest BCUT2D eigenvalue weighted by molar-refractivity contribution is 5.95. The van der Waals surface area contributed by atoms with Gasteiger partial charge in [0.15, 0.2) is 11.5 Å². The van der Waals surface area contributed by atoms with E-state index in [9.17, 15) is 14.7 Å². The van der Waals surface area contributed by atoms with Gasteiger partial charge in [-0.2, -0.15) is 0 Å². The molecule has 1 aliphatic rings. The number of amides is 2. The average Bonchev–Trinajstić information content (AvgIpc) is 3.32. The van der Waals surface area contributed by atoms with Gasteiger partial charge < -0.3 is 19.3 Å². The molecule has 1 fully saturated rings. The van der Waals surface area contributed by atoms with Gasteiger partial charge in [0, 0.05) is 0 Å². The van der Waals surface area contributed by atoms with Crippen molar-refractivity contribution in [3.63, 3.8) is 0 Å². The van der Waals surface area contributed by atoms with E-state index in [2.05, 4.69) is 0 Å². The van der Waals surface area contributed by atoms with Crippen LogP contribution in [0.2, 0.25) is 0 Å². The Morgan fingerprint density at radius 1 is 0.919 bits per heavy atom. The van der Waals surface area contributed by atoms with Crippen molar-refractivity contribution >= 4 is 12.0 Å². The second-order valence-corrected chi connectivity index (χ2v) is 9.58. The first-order chi connectivity index (χ1) is 17.8. The molecular formula is C30H33NO6. The van der Waals surface area contributed by atoms with Gasteiger partial charge in [-0.25, -0.2) is 9.69 Å². The topological polar surface area (TPSA) is 85.3 Å². The molecule has 1 heterocycles. The zero-order valence-corrected chi connectivity index (χ0v) is 21.4. The van der Waals surface area contributed by atoms with E-state index in [1.165, 1.54) is 0 Å². The Kier molecular flexibility index (Phi) is 8.46. The minimum absolute atomic E-state index is 0.0405. The van der Waals surface area contributed by atoms with Gasteiger partial charge in [0.25, 0.3) is 0 Å². The van der Waals surface area contributed by atoms with Gasteiger partial charge in [-0.3, -0.25) is 4.79 Å². The third-order valence-electron chi connectivity index (χ3n) is 6.56. The van der Waals surface area contributed by atoms with Gasteiger partial charge in [-0.1, -0.05) is 87.5 Å². The summed E-state index contributed by atoms with van der Waals surface area (Å²) in [7, 11) is 0. The van der Waals surface area contributed by atoms with Crippen molar-refractivity contribution in [3.8, 4) is 11.5 Å². The first-order valence-corrected chi connectivity index (χ1v) is 12.5. The van der Waals surface area contributed by atoms with Gasteiger partial charge in [0.1, 0.15) is 19.8 Å². The molecule has 3 aromatic carbocycles. The Balaban J connectivity index is 1.55. The molecule has 0 aliphatic carbocycles. The van der Waals surface area contributed by atoms with Crippen LogP contribution in [0.25, 0.3) is 0 Å². The van der Waals surface area contributed by atoms with Gasteiger partial charge in [-0.15, -0.1) is 0 Å². The van der Waals surface area contributed by atoms with E-state index >= 15 is 0 Å². The first-order valence-electron chi connectivity index (χ1n) is 12.5. The number of benzene rings is 3. The van der Waals surface area contributed by atoms with Gasteiger partial charge >= 0.3 is 6.09 Å². The summed E-state index contributed by atoms with van der Waals surface area (Å²) >= 11 is 0. The van der Waals surface area contributed by atoms with Crippen molar-refractivity contribution in [3.05, 3.63) is 95.6 Å². The number of aliphatic hydroxyl groups excluding tert-OH is 1. The van der Waals surface area contributed by atoms with Gasteiger partial charge in [0.2, 0.25) is 5.91 Å². The lowest BCUT2D eigenvalue weighted by Gasteiger charge is -2.27. The predicted octanol–water partition coefficient (Wildman–Crippen LogP) is 5.52. The fourth-order valence-corrected chi connectivity index (χ4v) is 4.23. The quantitative estimate of drug-likeness (QED) is 0.392. The lowest BCUT2D eigenvalue weighted by Crippen LogP contribution is -2.45. The van der Waals surface area contributed by atoms with Crippen LogP contribution in [-0.4, -0.2) is 34.7 Å². The number of carbonyl (C=O) groups excluding carboxylic acids is 2. The number of rotatable bonds is 10. The molecule has 37 heavy (non-hydrogen) atoms. The first kappa shape index (κ1) is 26.2. The fraction of sp³-hybridized carbons (Fsp3) is 0.333. The zero-order valence-electron chi connectivity index (χ0n) is 21.4. The molecule has 1 saturated heterocycles. The summed E-state index contributed by atoms with van der Waals surface area (Å²) in [4.78, 5) is 26.6. The third kappa shape index (κ3) is 6.30. The summed E-state index contributed by atoms with van der Waals surface area (Å²) < 4.78 is 17.3. The molecule has 194 valence electrons. The Labute approximate surface area is 217 Å². The van der Waals surface area contributed by atoms with Crippen LogP contribution in [0.4, 0.5) is 4.79 Å². The summed E-state index contributed by atoms with van der Waals surface area (Å²) in [5.74, 6) is -0.317. The molecule has 1 N–H and O–H groups in total. The molecule has 0 spiro atoms. The lowest BCUT2D eigenvalue weighted by molar-refractivity contribution is -0.137. The van der Waals surface area contributed by atoms with Crippen molar-refractivity contribution in [1.29, 1.82) is 0 Å². The van der Waals surface area contributed by atoms with E-state index in [0.29, 0.717) is 30.3 Å². The number of imide groups is 1. The van der Waals surface area contributed by atoms with E-state index in [1.807, 2.05) is 74.5 Å². The highest BCUT2D eigenvalue weighted by atomic mass is 16.6. The number of aliphatic hydroxyl groups is 1. The second kappa shape index (κ2) is 11.9. The Morgan fingerprint density at radius 2 is 1.49 bits per heavy atom. The summed E-state index contributed by atoms with van der Waals surface area (Å²) in [6.45, 7) is 6.30. The normalized spacial score (nSPS) is 16.8. The maximum atomic E-state index is 13.2. The Morgan fingerprint density at radius 3 is 2.05 bits per heavy atom. The number of nitrogens with zero attached hydrogens (tertiary/aromatic N) is 1. The molecule has 0 saturated carbocycles. The van der Waals surface area contributed by atoms with Crippen molar-refractivity contribution in [2.75, 3.05) is 6.61 Å². The van der Waals surface area contributed by atoms with Crippen LogP contribution in [0, 0.1) is 11.8 Å². The van der Waals surface area contributed by atoms with E-state index < -0.39 is 24.0 Å². The van der Waals surface area contributed by atoms with E-state index in [4.69, 9.17) is 14.2 Å². The molecule has 0 bridgehead atoms. The standard InChI is InChI=1S/C30H33NO6/c1-20(2)25-19-37-30(34)31(25)29(33)21(3)28(32)24-14-15-26(35-17-22-10-6-4-7-11-22)27(16-24)36-18-23-12-8-5-9-13-23/h4-16,20-21,25,28,32H,17-19H2,1-3H3/t21-,25+,28-/m0/s1. The third-order valence-corrected chi connectivity index (χ3v) is 6.56.